The van der Waals surface area contributed by atoms with Gasteiger partial charge in [-0.2, -0.15) is 13.1 Å². The second-order valence-electron chi connectivity index (χ2n) is 10.6. The minimum absolute atomic E-state index is 0.0614. The highest BCUT2D eigenvalue weighted by atomic mass is 35.5. The zero-order chi connectivity index (χ0) is 30.6. The van der Waals surface area contributed by atoms with E-state index in [1.54, 1.807) is 18.2 Å². The second-order valence-corrected chi connectivity index (χ2v) is 13.3. The van der Waals surface area contributed by atoms with Crippen LogP contribution in [0, 0.1) is 5.92 Å². The standard InChI is InChI=1S/C30H30Cl2F2N2O6S/c31-24-16-35-17-25(32)23(24)15-27(20-10-11-26(42-30(33)34)28(13-20)40-18-19-8-9-19)41-29(37)14-21-5-4-12-36(21)43(38,39)22-6-2-1-3-7-22/h1-3,6-7,10-11,13,16-17,19,21,27,30H,4-5,8-9,12,14-15,18H2/p+1/t21-,27-/m0/s1. The van der Waals surface area contributed by atoms with Crippen LogP contribution in [0.2, 0.25) is 10.0 Å². The van der Waals surface area contributed by atoms with Crippen LogP contribution in [-0.2, 0) is 26.0 Å². The molecule has 0 bridgehead atoms. The summed E-state index contributed by atoms with van der Waals surface area (Å²) >= 11 is 12.8. The average Bonchev–Trinajstić information content (AvgIpc) is 3.69. The van der Waals surface area contributed by atoms with Crippen LogP contribution in [0.4, 0.5) is 8.78 Å². The van der Waals surface area contributed by atoms with Crippen LogP contribution in [0.5, 0.6) is 11.5 Å². The smallest absolute Gasteiger partial charge is 0.387 e. The number of pyridine rings is 1. The SMILES string of the molecule is O=C(C[C@@H]1CCCN1S(=O)(=O)c1ccccc1)O[C@@H](Cc1c(Cl)c[nH+]cc1Cl)c1ccc(OC(F)F)c(OCC2CC2)c1. The number of hydrogen-bond acceptors (Lipinski definition) is 6. The van der Waals surface area contributed by atoms with E-state index in [-0.39, 0.29) is 35.8 Å². The van der Waals surface area contributed by atoms with Crippen molar-refractivity contribution in [2.45, 2.75) is 62.2 Å². The number of nitrogens with zero attached hydrogens (tertiary/aromatic N) is 1. The zero-order valence-electron chi connectivity index (χ0n) is 23.1. The summed E-state index contributed by atoms with van der Waals surface area (Å²) in [4.78, 5) is 16.4. The molecule has 1 aromatic heterocycles. The Bertz CT molecular complexity index is 1520. The van der Waals surface area contributed by atoms with Crippen molar-refractivity contribution in [2.24, 2.45) is 5.92 Å². The Morgan fingerprint density at radius 3 is 2.42 bits per heavy atom. The number of rotatable bonds is 13. The number of hydrogen-bond donors (Lipinski definition) is 0. The molecule has 1 N–H and O–H groups in total. The van der Waals surface area contributed by atoms with Gasteiger partial charge in [0.25, 0.3) is 0 Å². The highest BCUT2D eigenvalue weighted by Crippen LogP contribution is 2.38. The lowest BCUT2D eigenvalue weighted by atomic mass is 10.0. The molecule has 2 heterocycles. The van der Waals surface area contributed by atoms with Crippen LogP contribution in [0.25, 0.3) is 0 Å². The van der Waals surface area contributed by atoms with Gasteiger partial charge in [0.1, 0.15) is 16.1 Å². The lowest BCUT2D eigenvalue weighted by Gasteiger charge is -2.25. The van der Waals surface area contributed by atoms with Crippen LogP contribution in [0.1, 0.15) is 49.3 Å². The predicted octanol–water partition coefficient (Wildman–Crippen LogP) is 6.27. The summed E-state index contributed by atoms with van der Waals surface area (Å²) in [7, 11) is -3.81. The number of halogens is 4. The van der Waals surface area contributed by atoms with Gasteiger partial charge < -0.3 is 14.2 Å². The average molecular weight is 657 g/mol. The van der Waals surface area contributed by atoms with Crippen molar-refractivity contribution in [1.82, 2.24) is 4.31 Å². The maximum atomic E-state index is 13.4. The Morgan fingerprint density at radius 1 is 1.02 bits per heavy atom. The van der Waals surface area contributed by atoms with Gasteiger partial charge >= 0.3 is 12.6 Å². The van der Waals surface area contributed by atoms with Gasteiger partial charge in [0, 0.05) is 24.6 Å². The Hall–Kier alpha value is -2.99. The number of carbonyl (C=O) groups excluding carboxylic acids is 1. The van der Waals surface area contributed by atoms with Crippen LogP contribution in [0.3, 0.4) is 0 Å². The molecule has 1 aliphatic carbocycles. The van der Waals surface area contributed by atoms with Crippen molar-refractivity contribution >= 4 is 39.2 Å². The predicted molar refractivity (Wildman–Crippen MR) is 155 cm³/mol. The number of benzene rings is 2. The summed E-state index contributed by atoms with van der Waals surface area (Å²) in [5.41, 5.74) is 0.948. The zero-order valence-corrected chi connectivity index (χ0v) is 25.4. The molecule has 2 fully saturated rings. The summed E-state index contributed by atoms with van der Waals surface area (Å²) in [6, 6.07) is 11.9. The minimum Gasteiger partial charge on any atom is -0.489 e. The van der Waals surface area contributed by atoms with E-state index < -0.39 is 34.7 Å². The molecular weight excluding hydrogens is 625 g/mol. The van der Waals surface area contributed by atoms with E-state index in [1.807, 2.05) is 0 Å². The first-order valence-corrected chi connectivity index (χ1v) is 16.1. The van der Waals surface area contributed by atoms with Gasteiger partial charge in [-0.15, -0.1) is 0 Å². The van der Waals surface area contributed by atoms with Crippen LogP contribution >= 0.6 is 23.2 Å². The highest BCUT2D eigenvalue weighted by molar-refractivity contribution is 7.89. The fourth-order valence-corrected chi connectivity index (χ4v) is 7.31. The van der Waals surface area contributed by atoms with Gasteiger partial charge in [-0.25, -0.2) is 13.4 Å². The minimum atomic E-state index is -3.81. The number of sulfonamides is 1. The maximum Gasteiger partial charge on any atom is 0.387 e. The van der Waals surface area contributed by atoms with E-state index in [0.717, 1.165) is 12.8 Å². The van der Waals surface area contributed by atoms with Gasteiger partial charge in [0.15, 0.2) is 23.9 Å². The van der Waals surface area contributed by atoms with Crippen LogP contribution in [-0.4, -0.2) is 44.5 Å². The van der Waals surface area contributed by atoms with Crippen molar-refractivity contribution in [3.05, 3.63) is 82.1 Å². The van der Waals surface area contributed by atoms with Crippen molar-refractivity contribution in [1.29, 1.82) is 0 Å². The van der Waals surface area contributed by atoms with Crippen molar-refractivity contribution in [3.63, 3.8) is 0 Å². The number of esters is 1. The first kappa shape index (κ1) is 31.4. The summed E-state index contributed by atoms with van der Waals surface area (Å²) in [5, 5.41) is 0.625. The Labute approximate surface area is 258 Å². The van der Waals surface area contributed by atoms with Crippen LogP contribution in [0.15, 0.2) is 65.8 Å². The summed E-state index contributed by atoms with van der Waals surface area (Å²) < 4.78 is 70.6. The fraction of sp³-hybridized carbons (Fsp3) is 0.400. The Morgan fingerprint density at radius 2 is 1.74 bits per heavy atom. The fourth-order valence-electron chi connectivity index (χ4n) is 5.06. The molecule has 8 nitrogen and oxygen atoms in total. The molecule has 1 saturated heterocycles. The molecule has 2 aliphatic rings. The van der Waals surface area contributed by atoms with Gasteiger partial charge in [0.2, 0.25) is 10.0 Å². The number of alkyl halides is 2. The van der Waals surface area contributed by atoms with E-state index in [4.69, 9.17) is 32.7 Å². The molecule has 230 valence electrons. The molecule has 1 saturated carbocycles. The number of H-pyrrole nitrogens is 1. The van der Waals surface area contributed by atoms with Gasteiger partial charge in [0.05, 0.1) is 17.9 Å². The molecule has 1 aliphatic heterocycles. The molecule has 2 atom stereocenters. The highest BCUT2D eigenvalue weighted by Gasteiger charge is 2.37. The number of ether oxygens (including phenoxy) is 3. The molecule has 13 heteroatoms. The number of carbonyl (C=O) groups is 1. The monoisotopic (exact) mass is 655 g/mol. The molecule has 5 rings (SSSR count). The van der Waals surface area contributed by atoms with Gasteiger partial charge in [-0.3, -0.25) is 4.79 Å². The maximum absolute atomic E-state index is 13.4. The third kappa shape index (κ3) is 7.94. The molecule has 0 unspecified atom stereocenters. The number of aromatic amines is 1. The molecule has 43 heavy (non-hydrogen) atoms. The molecule has 0 radical (unpaired) electrons. The van der Waals surface area contributed by atoms with E-state index in [0.29, 0.717) is 46.5 Å². The molecular formula is C30H31Cl2F2N2O6S+. The third-order valence-electron chi connectivity index (χ3n) is 7.46. The summed E-state index contributed by atoms with van der Waals surface area (Å²) in [6.07, 6.45) is 5.09. The molecule has 0 spiro atoms. The number of aromatic nitrogens is 1. The Balaban J connectivity index is 1.40. The third-order valence-corrected chi connectivity index (χ3v) is 10.1. The lowest BCUT2D eigenvalue weighted by molar-refractivity contribution is -0.377. The lowest BCUT2D eigenvalue weighted by Crippen LogP contribution is -2.37. The molecule has 0 amide bonds. The van der Waals surface area contributed by atoms with Gasteiger partial charge in [-0.05, 0) is 61.4 Å². The largest absolute Gasteiger partial charge is 0.489 e. The van der Waals surface area contributed by atoms with Gasteiger partial charge in [-0.1, -0.05) is 47.5 Å². The first-order valence-electron chi connectivity index (χ1n) is 13.9. The van der Waals surface area contributed by atoms with Crippen molar-refractivity contribution in [3.8, 4) is 11.5 Å². The van der Waals surface area contributed by atoms with E-state index in [9.17, 15) is 22.0 Å². The van der Waals surface area contributed by atoms with Crippen molar-refractivity contribution in [2.75, 3.05) is 13.2 Å². The Kier molecular flexibility index (Phi) is 10.1. The van der Waals surface area contributed by atoms with Crippen LogP contribution < -0.4 is 14.5 Å². The summed E-state index contributed by atoms with van der Waals surface area (Å²) in [6.45, 7) is -2.42. The number of nitrogens with one attached hydrogen (secondary N) is 1. The van der Waals surface area contributed by atoms with E-state index in [1.165, 1.54) is 47.0 Å². The second kappa shape index (κ2) is 13.8. The topological polar surface area (TPSA) is 96.3 Å². The van der Waals surface area contributed by atoms with Crippen molar-refractivity contribution < 1.29 is 41.2 Å². The molecule has 3 aromatic rings. The normalized spacial score (nSPS) is 18.0. The quantitative estimate of drug-likeness (QED) is 0.202. The van der Waals surface area contributed by atoms with E-state index >= 15 is 0 Å². The summed E-state index contributed by atoms with van der Waals surface area (Å²) in [5.74, 6) is -0.326. The van der Waals surface area contributed by atoms with E-state index in [2.05, 4.69) is 9.72 Å². The molecule has 2 aromatic carbocycles. The first-order chi connectivity index (χ1) is 20.6.